The molecule has 1 fully saturated rings. The van der Waals surface area contributed by atoms with E-state index in [2.05, 4.69) is 11.0 Å². The summed E-state index contributed by atoms with van der Waals surface area (Å²) < 4.78 is 33.2. The van der Waals surface area contributed by atoms with Crippen molar-refractivity contribution < 1.29 is 12.8 Å². The number of piperazine rings is 1. The highest BCUT2D eigenvalue weighted by Crippen LogP contribution is 2.29. The lowest BCUT2D eigenvalue weighted by molar-refractivity contribution is 0.182. The van der Waals surface area contributed by atoms with Gasteiger partial charge in [0.25, 0.3) is 0 Å². The second kappa shape index (κ2) is 8.14. The van der Waals surface area contributed by atoms with Crippen LogP contribution in [0.2, 0.25) is 0 Å². The number of fused-ring (bicyclic) bond motifs is 2. The van der Waals surface area contributed by atoms with E-state index in [9.17, 15) is 13.2 Å². The number of benzene rings is 2. The molecule has 0 bridgehead atoms. The minimum absolute atomic E-state index is 0.332. The van der Waals surface area contributed by atoms with Gasteiger partial charge in [0.1, 0.15) is 5.58 Å². The Morgan fingerprint density at radius 3 is 2.34 bits per heavy atom. The van der Waals surface area contributed by atoms with E-state index in [1.54, 1.807) is 22.5 Å². The molecule has 6 nitrogen and oxygen atoms in total. The Kier molecular flexibility index (Phi) is 5.43. The Morgan fingerprint density at radius 1 is 0.906 bits per heavy atom. The third-order valence-corrected chi connectivity index (χ3v) is 8.78. The van der Waals surface area contributed by atoms with Gasteiger partial charge in [-0.25, -0.2) is 13.2 Å². The Balaban J connectivity index is 1.34. The third kappa shape index (κ3) is 3.89. The highest BCUT2D eigenvalue weighted by molar-refractivity contribution is 7.89. The van der Waals surface area contributed by atoms with Crippen molar-refractivity contribution in [2.24, 2.45) is 0 Å². The highest BCUT2D eigenvalue weighted by atomic mass is 32.2. The van der Waals surface area contributed by atoms with Gasteiger partial charge in [0.15, 0.2) is 0 Å². The molecule has 5 rings (SSSR count). The van der Waals surface area contributed by atoms with Crippen LogP contribution in [0.3, 0.4) is 0 Å². The van der Waals surface area contributed by atoms with Gasteiger partial charge < -0.3 is 4.42 Å². The SMILES string of the molecule is Cc1ccc(S(=O)(=O)N2CCN(Cc3cc(=O)oc4cc5c(cc34)CCC5)CC2)cc1C. The van der Waals surface area contributed by atoms with Gasteiger partial charge in [0, 0.05) is 44.2 Å². The molecule has 0 unspecified atom stereocenters. The standard InChI is InChI=1S/C25H28N2O4S/c1-17-6-7-22(12-18(17)2)32(29,30)27-10-8-26(9-11-27)16-21-15-25(28)31-24-14-20-5-3-4-19(20)13-23(21)24/h6-7,12-15H,3-5,8-11,16H2,1-2H3. The lowest BCUT2D eigenvalue weighted by Gasteiger charge is -2.34. The maximum atomic E-state index is 13.1. The van der Waals surface area contributed by atoms with Gasteiger partial charge in [0.05, 0.1) is 4.90 Å². The van der Waals surface area contributed by atoms with Gasteiger partial charge in [0.2, 0.25) is 10.0 Å². The van der Waals surface area contributed by atoms with Crippen molar-refractivity contribution >= 4 is 21.0 Å². The minimum atomic E-state index is -3.50. The Bertz CT molecular complexity index is 1350. The topological polar surface area (TPSA) is 70.8 Å². The molecule has 2 aromatic carbocycles. The van der Waals surface area contributed by atoms with Crippen LogP contribution in [0.15, 0.2) is 50.5 Å². The molecule has 3 aromatic rings. The van der Waals surface area contributed by atoms with Crippen LogP contribution in [0, 0.1) is 13.8 Å². The molecule has 2 heterocycles. The summed E-state index contributed by atoms with van der Waals surface area (Å²) in [5.41, 5.74) is 5.96. The van der Waals surface area contributed by atoms with Crippen LogP contribution in [0.1, 0.15) is 34.2 Å². The van der Waals surface area contributed by atoms with E-state index in [-0.39, 0.29) is 5.63 Å². The molecule has 2 aliphatic rings. The first-order valence-electron chi connectivity index (χ1n) is 11.2. The average molecular weight is 453 g/mol. The van der Waals surface area contributed by atoms with Crippen molar-refractivity contribution in [2.45, 2.75) is 44.6 Å². The van der Waals surface area contributed by atoms with Crippen LogP contribution >= 0.6 is 0 Å². The number of nitrogens with zero attached hydrogens (tertiary/aromatic N) is 2. The Morgan fingerprint density at radius 2 is 1.62 bits per heavy atom. The van der Waals surface area contributed by atoms with E-state index in [0.29, 0.717) is 43.2 Å². The fraction of sp³-hybridized carbons (Fsp3) is 0.400. The summed E-state index contributed by atoms with van der Waals surface area (Å²) >= 11 is 0. The predicted molar refractivity (Wildman–Crippen MR) is 124 cm³/mol. The summed E-state index contributed by atoms with van der Waals surface area (Å²) in [6, 6.07) is 11.1. The molecule has 168 valence electrons. The van der Waals surface area contributed by atoms with E-state index in [1.807, 2.05) is 26.0 Å². The second-order valence-electron chi connectivity index (χ2n) is 8.99. The van der Waals surface area contributed by atoms with E-state index in [0.717, 1.165) is 41.3 Å². The van der Waals surface area contributed by atoms with Crippen molar-refractivity contribution in [1.82, 2.24) is 9.21 Å². The quantitative estimate of drug-likeness (QED) is 0.568. The molecular formula is C25H28N2O4S. The van der Waals surface area contributed by atoms with Crippen molar-refractivity contribution in [3.05, 3.63) is 74.6 Å². The fourth-order valence-electron chi connectivity index (χ4n) is 4.82. The van der Waals surface area contributed by atoms with Gasteiger partial charge in [-0.15, -0.1) is 0 Å². The van der Waals surface area contributed by atoms with Gasteiger partial charge in [-0.1, -0.05) is 6.07 Å². The van der Waals surface area contributed by atoms with Crippen molar-refractivity contribution in [1.29, 1.82) is 0 Å². The first-order valence-corrected chi connectivity index (χ1v) is 12.6. The van der Waals surface area contributed by atoms with E-state index >= 15 is 0 Å². The van der Waals surface area contributed by atoms with Crippen LogP contribution in [0.5, 0.6) is 0 Å². The molecule has 1 aliphatic heterocycles. The first-order chi connectivity index (χ1) is 15.3. The number of aryl methyl sites for hydroxylation is 4. The molecule has 0 spiro atoms. The van der Waals surface area contributed by atoms with Gasteiger partial charge >= 0.3 is 5.63 Å². The molecule has 0 radical (unpaired) electrons. The molecule has 0 amide bonds. The molecule has 0 N–H and O–H groups in total. The normalized spacial score (nSPS) is 17.7. The number of hydrogen-bond acceptors (Lipinski definition) is 5. The van der Waals surface area contributed by atoms with Crippen LogP contribution < -0.4 is 5.63 Å². The molecule has 32 heavy (non-hydrogen) atoms. The zero-order valence-electron chi connectivity index (χ0n) is 18.6. The predicted octanol–water partition coefficient (Wildman–Crippen LogP) is 3.41. The smallest absolute Gasteiger partial charge is 0.336 e. The highest BCUT2D eigenvalue weighted by Gasteiger charge is 2.29. The average Bonchev–Trinajstić information content (AvgIpc) is 3.22. The van der Waals surface area contributed by atoms with Crippen molar-refractivity contribution in [3.63, 3.8) is 0 Å². The maximum Gasteiger partial charge on any atom is 0.336 e. The largest absolute Gasteiger partial charge is 0.423 e. The van der Waals surface area contributed by atoms with E-state index in [1.165, 1.54) is 11.1 Å². The summed E-state index contributed by atoms with van der Waals surface area (Å²) in [6.45, 7) is 6.63. The summed E-state index contributed by atoms with van der Waals surface area (Å²) in [4.78, 5) is 14.7. The summed E-state index contributed by atoms with van der Waals surface area (Å²) in [6.07, 6.45) is 3.25. The number of sulfonamides is 1. The van der Waals surface area contributed by atoms with Crippen LogP contribution in [-0.2, 0) is 29.4 Å². The van der Waals surface area contributed by atoms with Crippen LogP contribution in [0.4, 0.5) is 0 Å². The van der Waals surface area contributed by atoms with Crippen molar-refractivity contribution in [3.8, 4) is 0 Å². The van der Waals surface area contributed by atoms with E-state index in [4.69, 9.17) is 4.42 Å². The first kappa shape index (κ1) is 21.4. The molecule has 0 saturated carbocycles. The number of rotatable bonds is 4. The van der Waals surface area contributed by atoms with Crippen molar-refractivity contribution in [2.75, 3.05) is 26.2 Å². The summed E-state index contributed by atoms with van der Waals surface area (Å²) in [7, 11) is -3.50. The fourth-order valence-corrected chi connectivity index (χ4v) is 6.33. The molecule has 0 atom stereocenters. The Labute approximate surface area is 188 Å². The molecule has 1 aliphatic carbocycles. The molecule has 1 aromatic heterocycles. The van der Waals surface area contributed by atoms with Crippen LogP contribution in [-0.4, -0.2) is 43.8 Å². The second-order valence-corrected chi connectivity index (χ2v) is 10.9. The summed E-state index contributed by atoms with van der Waals surface area (Å²) in [5, 5.41) is 0.996. The zero-order chi connectivity index (χ0) is 22.5. The van der Waals surface area contributed by atoms with Crippen LogP contribution in [0.25, 0.3) is 11.0 Å². The minimum Gasteiger partial charge on any atom is -0.423 e. The van der Waals surface area contributed by atoms with Gasteiger partial charge in [-0.05, 0) is 85.2 Å². The van der Waals surface area contributed by atoms with Gasteiger partial charge in [-0.2, -0.15) is 4.31 Å². The number of hydrogen-bond donors (Lipinski definition) is 0. The molecule has 1 saturated heterocycles. The monoisotopic (exact) mass is 452 g/mol. The lowest BCUT2D eigenvalue weighted by atomic mass is 10.0. The summed E-state index contributed by atoms with van der Waals surface area (Å²) in [5.74, 6) is 0. The zero-order valence-corrected chi connectivity index (χ0v) is 19.4. The van der Waals surface area contributed by atoms with Gasteiger partial charge in [-0.3, -0.25) is 4.90 Å². The molecular weight excluding hydrogens is 424 g/mol. The maximum absolute atomic E-state index is 13.1. The lowest BCUT2D eigenvalue weighted by Crippen LogP contribution is -2.48. The molecule has 7 heteroatoms. The Hall–Kier alpha value is -2.48. The third-order valence-electron chi connectivity index (χ3n) is 6.88. The van der Waals surface area contributed by atoms with E-state index < -0.39 is 10.0 Å².